The Hall–Kier alpha value is -4.31. The molecule has 3 aromatic rings. The molecule has 0 unspecified atom stereocenters. The second-order valence-electron chi connectivity index (χ2n) is 11.5. The molecule has 0 saturated carbocycles. The number of nitrogens with zero attached hydrogens (tertiary/aromatic N) is 5. The van der Waals surface area contributed by atoms with E-state index in [2.05, 4.69) is 15.3 Å². The SMILES string of the molecule is COCC(=O)N1CCC(Nc2cccc(Sc3ccc(/C=C/C(=O)N4CCN(c5cnccn5)CC4)c(C(F)(F)F)c3C(F)(F)F)c2)CC1. The van der Waals surface area contributed by atoms with Crippen LogP contribution in [0, 0.1) is 0 Å². The fourth-order valence-electron chi connectivity index (χ4n) is 5.79. The van der Waals surface area contributed by atoms with Gasteiger partial charge in [0.15, 0.2) is 0 Å². The fraction of sp³-hybridized carbons (Fsp3) is 0.394. The third-order valence-electron chi connectivity index (χ3n) is 8.18. The van der Waals surface area contributed by atoms with Gasteiger partial charge in [0.2, 0.25) is 11.8 Å². The highest BCUT2D eigenvalue weighted by atomic mass is 32.2. The van der Waals surface area contributed by atoms with Crippen LogP contribution in [0.1, 0.15) is 29.5 Å². The maximum absolute atomic E-state index is 14.4. The minimum absolute atomic E-state index is 0.00745. The fourth-order valence-corrected chi connectivity index (χ4v) is 6.83. The van der Waals surface area contributed by atoms with Crippen molar-refractivity contribution in [1.29, 1.82) is 0 Å². The topological polar surface area (TPSA) is 90.9 Å². The summed E-state index contributed by atoms with van der Waals surface area (Å²) in [5.41, 5.74) is -3.84. The van der Waals surface area contributed by atoms with E-state index >= 15 is 0 Å². The molecule has 2 aromatic carbocycles. The van der Waals surface area contributed by atoms with Crippen molar-refractivity contribution in [2.24, 2.45) is 0 Å². The van der Waals surface area contributed by atoms with Crippen LogP contribution in [0.15, 0.2) is 70.9 Å². The molecule has 1 aromatic heterocycles. The van der Waals surface area contributed by atoms with Gasteiger partial charge in [-0.05, 0) is 48.7 Å². The number of piperidine rings is 1. The summed E-state index contributed by atoms with van der Waals surface area (Å²) < 4.78 is 91.4. The summed E-state index contributed by atoms with van der Waals surface area (Å²) >= 11 is 0.571. The van der Waals surface area contributed by atoms with Gasteiger partial charge in [-0.2, -0.15) is 26.3 Å². The van der Waals surface area contributed by atoms with Crippen LogP contribution >= 0.6 is 11.8 Å². The van der Waals surface area contributed by atoms with E-state index in [-0.39, 0.29) is 31.6 Å². The first kappa shape index (κ1) is 36.0. The number of likely N-dealkylation sites (tertiary alicyclic amines) is 1. The number of anilines is 2. The summed E-state index contributed by atoms with van der Waals surface area (Å²) in [7, 11) is 1.44. The molecule has 0 aliphatic carbocycles. The molecule has 3 heterocycles. The van der Waals surface area contributed by atoms with Crippen molar-refractivity contribution in [3.8, 4) is 0 Å². The third-order valence-corrected chi connectivity index (χ3v) is 9.23. The summed E-state index contributed by atoms with van der Waals surface area (Å²) in [5.74, 6) is -0.107. The van der Waals surface area contributed by atoms with Gasteiger partial charge in [-0.1, -0.05) is 23.9 Å². The van der Waals surface area contributed by atoms with Crippen molar-refractivity contribution in [2.75, 3.05) is 63.2 Å². The summed E-state index contributed by atoms with van der Waals surface area (Å²) in [6.07, 6.45) is -3.14. The minimum atomic E-state index is -5.37. The molecule has 5 rings (SSSR count). The van der Waals surface area contributed by atoms with Gasteiger partial charge in [-0.15, -0.1) is 0 Å². The Kier molecular flexibility index (Phi) is 11.4. The molecule has 9 nitrogen and oxygen atoms in total. The van der Waals surface area contributed by atoms with Crippen LogP contribution in [0.5, 0.6) is 0 Å². The zero-order chi connectivity index (χ0) is 35.2. The van der Waals surface area contributed by atoms with Gasteiger partial charge in [0.1, 0.15) is 12.4 Å². The Morgan fingerprint density at radius 1 is 0.939 bits per heavy atom. The molecule has 0 spiro atoms. The predicted octanol–water partition coefficient (Wildman–Crippen LogP) is 6.08. The molecule has 2 aliphatic rings. The van der Waals surface area contributed by atoms with Crippen molar-refractivity contribution in [3.05, 3.63) is 77.8 Å². The first-order valence-corrected chi connectivity index (χ1v) is 16.3. The van der Waals surface area contributed by atoms with Gasteiger partial charge in [-0.3, -0.25) is 14.6 Å². The lowest BCUT2D eigenvalue weighted by Gasteiger charge is -2.34. The third kappa shape index (κ3) is 9.23. The lowest BCUT2D eigenvalue weighted by Crippen LogP contribution is -2.48. The number of hydrogen-bond acceptors (Lipinski definition) is 8. The van der Waals surface area contributed by atoms with Crippen LogP contribution in [-0.4, -0.2) is 90.6 Å². The van der Waals surface area contributed by atoms with Crippen LogP contribution in [0.2, 0.25) is 0 Å². The smallest absolute Gasteiger partial charge is 0.382 e. The van der Waals surface area contributed by atoms with E-state index in [0.29, 0.717) is 67.2 Å². The molecule has 16 heteroatoms. The minimum Gasteiger partial charge on any atom is -0.382 e. The Morgan fingerprint density at radius 3 is 2.29 bits per heavy atom. The Morgan fingerprint density at radius 2 is 1.65 bits per heavy atom. The quantitative estimate of drug-likeness (QED) is 0.212. The maximum Gasteiger partial charge on any atom is 0.418 e. The molecule has 0 atom stereocenters. The molecule has 2 amide bonds. The zero-order valence-corrected chi connectivity index (χ0v) is 27.2. The van der Waals surface area contributed by atoms with Crippen LogP contribution in [0.3, 0.4) is 0 Å². The van der Waals surface area contributed by atoms with Gasteiger partial charge in [0.05, 0.1) is 17.3 Å². The number of rotatable bonds is 9. The first-order chi connectivity index (χ1) is 23.3. The van der Waals surface area contributed by atoms with Crippen molar-refractivity contribution < 1.29 is 40.7 Å². The maximum atomic E-state index is 14.4. The number of amides is 2. The van der Waals surface area contributed by atoms with E-state index in [1.807, 2.05) is 4.90 Å². The summed E-state index contributed by atoms with van der Waals surface area (Å²) in [6, 6.07) is 8.37. The number of methoxy groups -OCH3 is 1. The second kappa shape index (κ2) is 15.5. The molecule has 1 N–H and O–H groups in total. The van der Waals surface area contributed by atoms with Crippen molar-refractivity contribution >= 4 is 41.2 Å². The normalized spacial score (nSPS) is 16.3. The lowest BCUT2D eigenvalue weighted by atomic mass is 9.99. The Bertz CT molecular complexity index is 1640. The van der Waals surface area contributed by atoms with E-state index < -0.39 is 39.8 Å². The van der Waals surface area contributed by atoms with E-state index in [1.165, 1.54) is 30.5 Å². The lowest BCUT2D eigenvalue weighted by molar-refractivity contribution is -0.163. The summed E-state index contributed by atoms with van der Waals surface area (Å²) in [4.78, 5) is 37.9. The van der Waals surface area contributed by atoms with E-state index in [0.717, 1.165) is 24.3 Å². The number of carbonyl (C=O) groups is 2. The number of carbonyl (C=O) groups excluding carboxylic acids is 2. The van der Waals surface area contributed by atoms with Gasteiger partial charge >= 0.3 is 12.4 Å². The first-order valence-electron chi connectivity index (χ1n) is 15.4. The standard InChI is InChI=1S/C33H34F6N6O3S/c1-48-21-29(47)44-13-9-23(10-14-44)42-24-3-2-4-25(19-24)49-26-7-5-22(30(32(34,35)36)31(26)33(37,38)39)6-8-28(46)45-17-15-43(16-18-45)27-20-40-11-12-41-27/h2-8,11-12,19-20,23,42H,9-10,13-18,21H2,1H3/b8-6+. The average Bonchev–Trinajstić information content (AvgIpc) is 3.07. The highest BCUT2D eigenvalue weighted by Crippen LogP contribution is 2.48. The van der Waals surface area contributed by atoms with Gasteiger partial charge in [-0.25, -0.2) is 4.98 Å². The summed E-state index contributed by atoms with van der Waals surface area (Å²) in [5, 5.41) is 3.31. The number of halogens is 6. The van der Waals surface area contributed by atoms with Crippen LogP contribution in [0.4, 0.5) is 37.8 Å². The van der Waals surface area contributed by atoms with Gasteiger partial charge < -0.3 is 24.8 Å². The zero-order valence-electron chi connectivity index (χ0n) is 26.4. The second-order valence-corrected chi connectivity index (χ2v) is 12.6. The van der Waals surface area contributed by atoms with Crippen molar-refractivity contribution in [2.45, 2.75) is 41.0 Å². The van der Waals surface area contributed by atoms with Crippen molar-refractivity contribution in [3.63, 3.8) is 0 Å². The highest BCUT2D eigenvalue weighted by molar-refractivity contribution is 7.99. The molecule has 2 saturated heterocycles. The number of nitrogens with one attached hydrogen (secondary N) is 1. The Balaban J connectivity index is 1.31. The number of piperazine rings is 1. The molecule has 2 fully saturated rings. The number of alkyl halides is 6. The monoisotopic (exact) mass is 708 g/mol. The molecule has 262 valence electrons. The molecule has 49 heavy (non-hydrogen) atoms. The number of benzene rings is 2. The average molecular weight is 709 g/mol. The van der Waals surface area contributed by atoms with Crippen LogP contribution in [-0.2, 0) is 26.7 Å². The molecule has 2 aliphatic heterocycles. The molecule has 0 radical (unpaired) electrons. The Labute approximate surface area is 283 Å². The van der Waals surface area contributed by atoms with Crippen LogP contribution in [0.25, 0.3) is 6.08 Å². The molecule has 0 bridgehead atoms. The summed E-state index contributed by atoms with van der Waals surface area (Å²) in [6.45, 7) is 2.32. The largest absolute Gasteiger partial charge is 0.418 e. The number of hydrogen-bond donors (Lipinski definition) is 1. The van der Waals surface area contributed by atoms with E-state index in [1.54, 1.807) is 29.3 Å². The number of ether oxygens (including phenoxy) is 1. The van der Waals surface area contributed by atoms with Crippen LogP contribution < -0.4 is 10.2 Å². The van der Waals surface area contributed by atoms with E-state index in [9.17, 15) is 35.9 Å². The number of aromatic nitrogens is 2. The molecular weight excluding hydrogens is 674 g/mol. The molecular formula is C33H34F6N6O3S. The van der Waals surface area contributed by atoms with E-state index in [4.69, 9.17) is 4.74 Å². The van der Waals surface area contributed by atoms with Gasteiger partial charge in [0.25, 0.3) is 0 Å². The highest BCUT2D eigenvalue weighted by Gasteiger charge is 2.46. The van der Waals surface area contributed by atoms with Crippen molar-refractivity contribution in [1.82, 2.24) is 19.8 Å². The predicted molar refractivity (Wildman–Crippen MR) is 172 cm³/mol. The van der Waals surface area contributed by atoms with Gasteiger partial charge in [0, 0.05) is 86.4 Å².